The number of rotatable bonds is 5. The normalized spacial score (nSPS) is 12.9. The van der Waals surface area contributed by atoms with Crippen LogP contribution in [-0.4, -0.2) is 16.1 Å². The van der Waals surface area contributed by atoms with E-state index in [0.29, 0.717) is 11.8 Å². The second-order valence-corrected chi connectivity index (χ2v) is 21.0. The van der Waals surface area contributed by atoms with Crippen molar-refractivity contribution in [1.82, 2.24) is 0 Å². The Kier molecular flexibility index (Phi) is 6.33. The molecule has 0 nitrogen and oxygen atoms in total. The average molecular weight is 397 g/mol. The van der Waals surface area contributed by atoms with Crippen LogP contribution in [0.3, 0.4) is 0 Å². The van der Waals surface area contributed by atoms with Crippen LogP contribution in [0, 0.1) is 6.92 Å². The van der Waals surface area contributed by atoms with Crippen molar-refractivity contribution in [3.05, 3.63) is 47.0 Å². The third-order valence-electron chi connectivity index (χ3n) is 5.73. The molecular weight excluding hydrogens is 356 g/mol. The van der Waals surface area contributed by atoms with Crippen molar-refractivity contribution in [2.24, 2.45) is 0 Å². The van der Waals surface area contributed by atoms with E-state index in [1.165, 1.54) is 27.8 Å². The minimum Gasteiger partial charge on any atom is -0.0656 e. The first-order chi connectivity index (χ1) is 12.2. The Morgan fingerprint density at radius 3 is 1.19 bits per heavy atom. The molecular formula is C25H40Si2. The minimum atomic E-state index is -1.37. The molecule has 0 unspecified atom stereocenters. The number of hydrogen-bond donors (Lipinski definition) is 0. The fourth-order valence-electron chi connectivity index (χ4n) is 3.79. The van der Waals surface area contributed by atoms with Gasteiger partial charge in [-0.05, 0) is 46.6 Å². The molecule has 148 valence electrons. The Bertz CT molecular complexity index is 754. The van der Waals surface area contributed by atoms with Gasteiger partial charge in [-0.15, -0.1) is 0 Å². The molecule has 0 N–H and O–H groups in total. The minimum absolute atomic E-state index is 0.555. The number of hydrogen-bond acceptors (Lipinski definition) is 0. The first kappa shape index (κ1) is 22.2. The standard InChI is InChI=1S/C25H40Si2/c1-17(2)24-14-21(15-25(18(3)4)19(24)5)20-12-22(26(6,7)8)16-23(13-20)27(9,10)11/h12-18H,1-11H3. The molecule has 2 rings (SSSR count). The molecule has 0 bridgehead atoms. The van der Waals surface area contributed by atoms with Gasteiger partial charge in [0.2, 0.25) is 0 Å². The topological polar surface area (TPSA) is 0 Å². The summed E-state index contributed by atoms with van der Waals surface area (Å²) in [5.74, 6) is 1.11. The molecule has 0 aliphatic rings. The zero-order valence-corrected chi connectivity index (χ0v) is 21.5. The lowest BCUT2D eigenvalue weighted by molar-refractivity contribution is 0.818. The summed E-state index contributed by atoms with van der Waals surface area (Å²) in [6.45, 7) is 26.4. The molecule has 0 atom stereocenters. The predicted molar refractivity (Wildman–Crippen MR) is 131 cm³/mol. The van der Waals surface area contributed by atoms with Crippen molar-refractivity contribution in [2.45, 2.75) is 85.7 Å². The molecule has 0 fully saturated rings. The summed E-state index contributed by atoms with van der Waals surface area (Å²) in [7, 11) is -2.73. The van der Waals surface area contributed by atoms with Gasteiger partial charge in [0, 0.05) is 0 Å². The lowest BCUT2D eigenvalue weighted by Gasteiger charge is -2.25. The molecule has 2 aromatic carbocycles. The summed E-state index contributed by atoms with van der Waals surface area (Å²) in [6.07, 6.45) is 0. The van der Waals surface area contributed by atoms with Crippen molar-refractivity contribution in [2.75, 3.05) is 0 Å². The van der Waals surface area contributed by atoms with Crippen LogP contribution in [-0.2, 0) is 0 Å². The van der Waals surface area contributed by atoms with Gasteiger partial charge < -0.3 is 0 Å². The van der Waals surface area contributed by atoms with E-state index in [1.54, 1.807) is 10.4 Å². The molecule has 27 heavy (non-hydrogen) atoms. The molecule has 0 heterocycles. The maximum Gasteiger partial charge on any atom is 0.0776 e. The lowest BCUT2D eigenvalue weighted by atomic mass is 9.86. The highest BCUT2D eigenvalue weighted by molar-refractivity contribution is 6.91. The van der Waals surface area contributed by atoms with Gasteiger partial charge in [0.1, 0.15) is 0 Å². The summed E-state index contributed by atoms with van der Waals surface area (Å²) in [5.41, 5.74) is 7.33. The Labute approximate surface area is 170 Å². The third-order valence-corrected chi connectivity index (χ3v) is 9.77. The molecule has 0 radical (unpaired) electrons. The molecule has 2 heteroatoms. The first-order valence-corrected chi connectivity index (χ1v) is 17.5. The molecule has 0 spiro atoms. The van der Waals surface area contributed by atoms with E-state index in [2.05, 4.69) is 104 Å². The first-order valence-electron chi connectivity index (χ1n) is 10.5. The van der Waals surface area contributed by atoms with E-state index in [1.807, 2.05) is 0 Å². The van der Waals surface area contributed by atoms with E-state index in [4.69, 9.17) is 0 Å². The summed E-state index contributed by atoms with van der Waals surface area (Å²) in [5, 5.41) is 3.19. The molecule has 0 saturated heterocycles. The summed E-state index contributed by atoms with van der Waals surface area (Å²) < 4.78 is 0. The maximum absolute atomic E-state index is 2.53. The van der Waals surface area contributed by atoms with Gasteiger partial charge in [-0.1, -0.05) is 108 Å². The van der Waals surface area contributed by atoms with E-state index in [-0.39, 0.29) is 0 Å². The fourth-order valence-corrected chi connectivity index (χ4v) is 6.28. The molecule has 0 saturated carbocycles. The van der Waals surface area contributed by atoms with Gasteiger partial charge in [-0.3, -0.25) is 0 Å². The Hall–Kier alpha value is -1.13. The Morgan fingerprint density at radius 1 is 0.556 bits per heavy atom. The monoisotopic (exact) mass is 396 g/mol. The smallest absolute Gasteiger partial charge is 0.0656 e. The average Bonchev–Trinajstić information content (AvgIpc) is 2.52. The van der Waals surface area contributed by atoms with Crippen molar-refractivity contribution in [3.8, 4) is 11.1 Å². The third kappa shape index (κ3) is 5.03. The Morgan fingerprint density at radius 2 is 0.889 bits per heavy atom. The van der Waals surface area contributed by atoms with E-state index in [0.717, 1.165) is 0 Å². The quantitative estimate of drug-likeness (QED) is 0.477. The zero-order valence-electron chi connectivity index (χ0n) is 19.5. The van der Waals surface area contributed by atoms with Crippen molar-refractivity contribution >= 4 is 26.5 Å². The molecule has 0 amide bonds. The van der Waals surface area contributed by atoms with E-state index < -0.39 is 16.1 Å². The highest BCUT2D eigenvalue weighted by Gasteiger charge is 2.24. The molecule has 0 aromatic heterocycles. The van der Waals surface area contributed by atoms with Crippen LogP contribution in [0.15, 0.2) is 30.3 Å². The van der Waals surface area contributed by atoms with Gasteiger partial charge in [-0.25, -0.2) is 0 Å². The highest BCUT2D eigenvalue weighted by atomic mass is 28.3. The molecule has 0 aliphatic heterocycles. The lowest BCUT2D eigenvalue weighted by Crippen LogP contribution is -2.45. The van der Waals surface area contributed by atoms with Crippen LogP contribution < -0.4 is 10.4 Å². The predicted octanol–water partition coefficient (Wildman–Crippen LogP) is 7.00. The van der Waals surface area contributed by atoms with Crippen molar-refractivity contribution in [1.29, 1.82) is 0 Å². The van der Waals surface area contributed by atoms with Gasteiger partial charge in [0.15, 0.2) is 0 Å². The van der Waals surface area contributed by atoms with Crippen molar-refractivity contribution in [3.63, 3.8) is 0 Å². The van der Waals surface area contributed by atoms with Gasteiger partial charge in [0.25, 0.3) is 0 Å². The SMILES string of the molecule is Cc1c(C(C)C)cc(-c2cc([Si](C)(C)C)cc([Si](C)(C)C)c2)cc1C(C)C. The van der Waals surface area contributed by atoms with Crippen LogP contribution in [0.5, 0.6) is 0 Å². The molecule has 0 aliphatic carbocycles. The van der Waals surface area contributed by atoms with E-state index >= 15 is 0 Å². The fraction of sp³-hybridized carbons (Fsp3) is 0.520. The second kappa shape index (κ2) is 7.71. The van der Waals surface area contributed by atoms with Gasteiger partial charge in [-0.2, -0.15) is 0 Å². The summed E-state index contributed by atoms with van der Waals surface area (Å²) in [6, 6.07) is 12.4. The highest BCUT2D eigenvalue weighted by Crippen LogP contribution is 2.33. The zero-order chi connectivity index (χ0) is 20.7. The van der Waals surface area contributed by atoms with Gasteiger partial charge >= 0.3 is 0 Å². The van der Waals surface area contributed by atoms with E-state index in [9.17, 15) is 0 Å². The van der Waals surface area contributed by atoms with Gasteiger partial charge in [0.05, 0.1) is 16.1 Å². The maximum atomic E-state index is 2.53. The van der Waals surface area contributed by atoms with Crippen LogP contribution in [0.4, 0.5) is 0 Å². The summed E-state index contributed by atoms with van der Waals surface area (Å²) in [4.78, 5) is 0. The van der Waals surface area contributed by atoms with Crippen LogP contribution in [0.25, 0.3) is 11.1 Å². The molecule has 2 aromatic rings. The number of benzene rings is 2. The van der Waals surface area contributed by atoms with Crippen LogP contribution in [0.1, 0.15) is 56.2 Å². The largest absolute Gasteiger partial charge is 0.0776 e. The second-order valence-electron chi connectivity index (χ2n) is 10.9. The Balaban J connectivity index is 2.81. The van der Waals surface area contributed by atoms with Crippen LogP contribution in [0.2, 0.25) is 39.3 Å². The van der Waals surface area contributed by atoms with Crippen LogP contribution >= 0.6 is 0 Å². The van der Waals surface area contributed by atoms with Crippen molar-refractivity contribution < 1.29 is 0 Å². The summed E-state index contributed by atoms with van der Waals surface area (Å²) >= 11 is 0.